The zero-order chi connectivity index (χ0) is 17.9. The summed E-state index contributed by atoms with van der Waals surface area (Å²) in [5.74, 6) is -0.319. The van der Waals surface area contributed by atoms with E-state index in [9.17, 15) is 9.18 Å². The van der Waals surface area contributed by atoms with Gasteiger partial charge in [-0.2, -0.15) is 0 Å². The first-order chi connectivity index (χ1) is 12.7. The van der Waals surface area contributed by atoms with Crippen LogP contribution in [0.15, 0.2) is 60.0 Å². The number of hydrogen-bond acceptors (Lipinski definition) is 4. The van der Waals surface area contributed by atoms with Crippen molar-refractivity contribution in [2.75, 3.05) is 31.1 Å². The minimum Gasteiger partial charge on any atom is -0.368 e. The summed E-state index contributed by atoms with van der Waals surface area (Å²) in [5, 5.41) is 2.51. The van der Waals surface area contributed by atoms with Gasteiger partial charge in [-0.05, 0) is 36.4 Å². The van der Waals surface area contributed by atoms with Crippen molar-refractivity contribution in [3.63, 3.8) is 0 Å². The molecule has 0 spiro atoms. The molecule has 0 bridgehead atoms. The number of para-hydroxylation sites is 1. The van der Waals surface area contributed by atoms with Crippen molar-refractivity contribution in [3.8, 4) is 10.6 Å². The number of benzene rings is 2. The predicted octanol–water partition coefficient (Wildman–Crippen LogP) is 3.91. The molecule has 26 heavy (non-hydrogen) atoms. The monoisotopic (exact) mass is 367 g/mol. The van der Waals surface area contributed by atoms with Gasteiger partial charge in [-0.1, -0.05) is 18.2 Å². The molecule has 4 rings (SSSR count). The van der Waals surface area contributed by atoms with Gasteiger partial charge in [0.25, 0.3) is 5.91 Å². The molecule has 0 saturated carbocycles. The van der Waals surface area contributed by atoms with Gasteiger partial charge in [0, 0.05) is 42.8 Å². The second-order valence-corrected chi connectivity index (χ2v) is 7.02. The predicted molar refractivity (Wildman–Crippen MR) is 102 cm³/mol. The first kappa shape index (κ1) is 16.7. The van der Waals surface area contributed by atoms with E-state index in [1.165, 1.54) is 29.2 Å². The molecule has 1 aliphatic rings. The molecule has 0 atom stereocenters. The lowest BCUT2D eigenvalue weighted by atomic mass is 10.2. The Morgan fingerprint density at radius 1 is 0.962 bits per heavy atom. The normalized spacial score (nSPS) is 14.5. The van der Waals surface area contributed by atoms with Crippen LogP contribution in [0.3, 0.4) is 0 Å². The molecule has 0 radical (unpaired) electrons. The molecule has 1 aliphatic heterocycles. The number of piperazine rings is 1. The third-order valence-electron chi connectivity index (χ3n) is 4.50. The van der Waals surface area contributed by atoms with Crippen molar-refractivity contribution in [1.29, 1.82) is 0 Å². The number of amides is 1. The van der Waals surface area contributed by atoms with E-state index in [4.69, 9.17) is 0 Å². The maximum atomic E-state index is 13.1. The molecular formula is C20H18FN3OS. The van der Waals surface area contributed by atoms with Crippen LogP contribution < -0.4 is 4.90 Å². The van der Waals surface area contributed by atoms with Gasteiger partial charge in [0.05, 0.1) is 0 Å². The second-order valence-electron chi connectivity index (χ2n) is 6.16. The van der Waals surface area contributed by atoms with E-state index >= 15 is 0 Å². The van der Waals surface area contributed by atoms with Gasteiger partial charge in [-0.25, -0.2) is 9.37 Å². The fourth-order valence-electron chi connectivity index (χ4n) is 3.07. The van der Waals surface area contributed by atoms with Crippen LogP contribution in [0.25, 0.3) is 10.6 Å². The van der Waals surface area contributed by atoms with Crippen molar-refractivity contribution in [1.82, 2.24) is 9.88 Å². The van der Waals surface area contributed by atoms with Crippen LogP contribution in [-0.4, -0.2) is 42.0 Å². The van der Waals surface area contributed by atoms with Crippen LogP contribution in [0.5, 0.6) is 0 Å². The summed E-state index contributed by atoms with van der Waals surface area (Å²) in [7, 11) is 0. The van der Waals surface area contributed by atoms with Gasteiger partial charge in [-0.15, -0.1) is 11.3 Å². The van der Waals surface area contributed by atoms with E-state index in [1.807, 2.05) is 23.1 Å². The average Bonchev–Trinajstić information content (AvgIpc) is 3.19. The molecule has 0 aliphatic carbocycles. The van der Waals surface area contributed by atoms with Crippen LogP contribution >= 0.6 is 11.3 Å². The van der Waals surface area contributed by atoms with Crippen LogP contribution in [0.4, 0.5) is 10.1 Å². The quantitative estimate of drug-likeness (QED) is 0.704. The molecule has 3 aromatic rings. The van der Waals surface area contributed by atoms with E-state index in [0.29, 0.717) is 18.8 Å². The smallest absolute Gasteiger partial charge is 0.273 e. The van der Waals surface area contributed by atoms with Gasteiger partial charge < -0.3 is 9.80 Å². The number of carbonyl (C=O) groups excluding carboxylic acids is 1. The van der Waals surface area contributed by atoms with E-state index in [-0.39, 0.29) is 11.7 Å². The number of carbonyl (C=O) groups is 1. The summed E-state index contributed by atoms with van der Waals surface area (Å²) in [6.45, 7) is 2.98. The first-order valence-electron chi connectivity index (χ1n) is 8.51. The standard InChI is InChI=1S/C20H18FN3OS/c21-16-8-6-15(7-9-16)19-22-18(14-26-19)20(25)24-12-10-23(11-13-24)17-4-2-1-3-5-17/h1-9,14H,10-13H2. The molecule has 1 saturated heterocycles. The molecule has 0 unspecified atom stereocenters. The van der Waals surface area contributed by atoms with Crippen molar-refractivity contribution >= 4 is 22.9 Å². The maximum absolute atomic E-state index is 13.1. The highest BCUT2D eigenvalue weighted by Gasteiger charge is 2.24. The number of aromatic nitrogens is 1. The Hall–Kier alpha value is -2.73. The van der Waals surface area contributed by atoms with E-state index in [1.54, 1.807) is 17.5 Å². The van der Waals surface area contributed by atoms with Crippen LogP contribution in [-0.2, 0) is 0 Å². The fourth-order valence-corrected chi connectivity index (χ4v) is 3.87. The summed E-state index contributed by atoms with van der Waals surface area (Å²) < 4.78 is 13.1. The Morgan fingerprint density at radius 2 is 1.65 bits per heavy atom. The topological polar surface area (TPSA) is 36.4 Å². The molecule has 4 nitrogen and oxygen atoms in total. The molecule has 132 valence electrons. The molecule has 1 amide bonds. The maximum Gasteiger partial charge on any atom is 0.273 e. The molecule has 2 aromatic carbocycles. The van der Waals surface area contributed by atoms with Crippen molar-refractivity contribution < 1.29 is 9.18 Å². The molecule has 0 N–H and O–H groups in total. The van der Waals surface area contributed by atoms with Crippen molar-refractivity contribution in [2.45, 2.75) is 0 Å². The van der Waals surface area contributed by atoms with Crippen molar-refractivity contribution in [2.24, 2.45) is 0 Å². The lowest BCUT2D eigenvalue weighted by Gasteiger charge is -2.35. The van der Waals surface area contributed by atoms with Gasteiger partial charge in [0.2, 0.25) is 0 Å². The number of rotatable bonds is 3. The molecule has 2 heterocycles. The summed E-state index contributed by atoms with van der Waals surface area (Å²) >= 11 is 1.41. The fraction of sp³-hybridized carbons (Fsp3) is 0.200. The van der Waals surface area contributed by atoms with Gasteiger partial charge in [0.1, 0.15) is 16.5 Å². The third kappa shape index (κ3) is 3.46. The lowest BCUT2D eigenvalue weighted by molar-refractivity contribution is 0.0742. The molecular weight excluding hydrogens is 349 g/mol. The van der Waals surface area contributed by atoms with Gasteiger partial charge in [0.15, 0.2) is 0 Å². The second kappa shape index (κ2) is 7.25. The Balaban J connectivity index is 1.42. The average molecular weight is 367 g/mol. The van der Waals surface area contributed by atoms with Gasteiger partial charge in [-0.3, -0.25) is 4.79 Å². The minimum absolute atomic E-state index is 0.0395. The highest BCUT2D eigenvalue weighted by atomic mass is 32.1. The molecule has 1 fully saturated rings. The summed E-state index contributed by atoms with van der Waals surface area (Å²) in [4.78, 5) is 21.3. The number of hydrogen-bond donors (Lipinski definition) is 0. The largest absolute Gasteiger partial charge is 0.368 e. The number of thiazole rings is 1. The summed E-state index contributed by atoms with van der Waals surface area (Å²) in [6, 6.07) is 16.4. The highest BCUT2D eigenvalue weighted by molar-refractivity contribution is 7.13. The third-order valence-corrected chi connectivity index (χ3v) is 5.39. The Kier molecular flexibility index (Phi) is 4.67. The molecule has 6 heteroatoms. The molecule has 1 aromatic heterocycles. The highest BCUT2D eigenvalue weighted by Crippen LogP contribution is 2.25. The first-order valence-corrected chi connectivity index (χ1v) is 9.39. The zero-order valence-corrected chi connectivity index (χ0v) is 15.0. The lowest BCUT2D eigenvalue weighted by Crippen LogP contribution is -2.48. The SMILES string of the molecule is O=C(c1csc(-c2ccc(F)cc2)n1)N1CCN(c2ccccc2)CC1. The summed E-state index contributed by atoms with van der Waals surface area (Å²) in [5.41, 5.74) is 2.47. The van der Waals surface area contributed by atoms with Crippen molar-refractivity contribution in [3.05, 3.63) is 71.5 Å². The Labute approximate surface area is 155 Å². The summed E-state index contributed by atoms with van der Waals surface area (Å²) in [6.07, 6.45) is 0. The van der Waals surface area contributed by atoms with E-state index < -0.39 is 0 Å². The van der Waals surface area contributed by atoms with Gasteiger partial charge >= 0.3 is 0 Å². The number of nitrogens with zero attached hydrogens (tertiary/aromatic N) is 3. The Morgan fingerprint density at radius 3 is 2.35 bits per heavy atom. The zero-order valence-electron chi connectivity index (χ0n) is 14.1. The Bertz CT molecular complexity index is 887. The van der Waals surface area contributed by atoms with Crippen LogP contribution in [0, 0.1) is 5.82 Å². The van der Waals surface area contributed by atoms with Crippen LogP contribution in [0.2, 0.25) is 0 Å². The minimum atomic E-state index is -0.280. The van der Waals surface area contributed by atoms with Crippen LogP contribution in [0.1, 0.15) is 10.5 Å². The van der Waals surface area contributed by atoms with E-state index in [0.717, 1.165) is 23.7 Å². The van der Waals surface area contributed by atoms with E-state index in [2.05, 4.69) is 22.0 Å². The number of halogens is 1. The number of anilines is 1.